The predicted octanol–water partition coefficient (Wildman–Crippen LogP) is 6.38. The lowest BCUT2D eigenvalue weighted by Crippen LogP contribution is -2.10. The molecular formula is C18H22Cl2N2O2S. The molecule has 0 aliphatic rings. The summed E-state index contributed by atoms with van der Waals surface area (Å²) in [7, 11) is 0. The van der Waals surface area contributed by atoms with Gasteiger partial charge in [0.15, 0.2) is 0 Å². The minimum absolute atomic E-state index is 0.179. The standard InChI is InChI=1S/C18H22Cl2N2O2S/c1-2-3-4-5-10-24-18(23)25-17(12-22-9-8-21-13-22)15-7-6-14(19)11-16(15)20/h6-9,11,13,17H,2-5,10,12H2,1H3. The molecule has 0 aliphatic heterocycles. The monoisotopic (exact) mass is 400 g/mol. The first-order valence-corrected chi connectivity index (χ1v) is 9.97. The molecule has 0 N–H and O–H groups in total. The van der Waals surface area contributed by atoms with Crippen molar-refractivity contribution in [3.8, 4) is 0 Å². The Balaban J connectivity index is 2.00. The van der Waals surface area contributed by atoms with Gasteiger partial charge in [-0.3, -0.25) is 0 Å². The largest absolute Gasteiger partial charge is 0.458 e. The quantitative estimate of drug-likeness (QED) is 0.361. The van der Waals surface area contributed by atoms with E-state index in [2.05, 4.69) is 11.9 Å². The average molecular weight is 401 g/mol. The number of thioether (sulfide) groups is 1. The Labute approximate surface area is 162 Å². The Hall–Kier alpha value is -1.17. The van der Waals surface area contributed by atoms with Crippen molar-refractivity contribution in [2.24, 2.45) is 0 Å². The zero-order valence-electron chi connectivity index (χ0n) is 14.2. The van der Waals surface area contributed by atoms with Crippen LogP contribution in [0.1, 0.15) is 43.4 Å². The Morgan fingerprint density at radius 2 is 2.16 bits per heavy atom. The number of hydrogen-bond donors (Lipinski definition) is 0. The molecule has 0 aliphatic carbocycles. The van der Waals surface area contributed by atoms with Crippen LogP contribution >= 0.6 is 35.0 Å². The van der Waals surface area contributed by atoms with Crippen molar-refractivity contribution < 1.29 is 9.53 Å². The molecule has 1 aromatic carbocycles. The molecule has 0 amide bonds. The van der Waals surface area contributed by atoms with Crippen LogP contribution in [0.3, 0.4) is 0 Å². The zero-order valence-corrected chi connectivity index (χ0v) is 16.5. The van der Waals surface area contributed by atoms with E-state index in [0.29, 0.717) is 23.2 Å². The first kappa shape index (κ1) is 20.1. The molecule has 25 heavy (non-hydrogen) atoms. The summed E-state index contributed by atoms with van der Waals surface area (Å²) < 4.78 is 7.27. The Morgan fingerprint density at radius 1 is 1.32 bits per heavy atom. The van der Waals surface area contributed by atoms with Crippen LogP contribution in [-0.4, -0.2) is 21.5 Å². The van der Waals surface area contributed by atoms with E-state index in [1.54, 1.807) is 24.7 Å². The number of benzene rings is 1. The van der Waals surface area contributed by atoms with Gasteiger partial charge < -0.3 is 9.30 Å². The summed E-state index contributed by atoms with van der Waals surface area (Å²) in [4.78, 5) is 16.3. The first-order valence-electron chi connectivity index (χ1n) is 8.34. The van der Waals surface area contributed by atoms with Crippen LogP contribution in [0.5, 0.6) is 0 Å². The second-order valence-corrected chi connectivity index (χ2v) is 7.67. The summed E-state index contributed by atoms with van der Waals surface area (Å²) in [6, 6.07) is 5.32. The molecule has 1 atom stereocenters. The zero-order chi connectivity index (χ0) is 18.1. The Kier molecular flexibility index (Phi) is 8.65. The van der Waals surface area contributed by atoms with Crippen molar-refractivity contribution in [2.45, 2.75) is 44.4 Å². The molecule has 1 heterocycles. The molecule has 2 rings (SSSR count). The van der Waals surface area contributed by atoms with Gasteiger partial charge in [-0.05, 0) is 35.9 Å². The summed E-state index contributed by atoms with van der Waals surface area (Å²) in [6.45, 7) is 3.17. The number of carbonyl (C=O) groups excluding carboxylic acids is 1. The molecule has 4 nitrogen and oxygen atoms in total. The summed E-state index contributed by atoms with van der Waals surface area (Å²) in [5.41, 5.74) is 0.854. The second kappa shape index (κ2) is 10.7. The highest BCUT2D eigenvalue weighted by Gasteiger charge is 2.21. The van der Waals surface area contributed by atoms with Crippen LogP contribution in [0.15, 0.2) is 36.9 Å². The Morgan fingerprint density at radius 3 is 2.84 bits per heavy atom. The van der Waals surface area contributed by atoms with E-state index in [1.165, 1.54) is 0 Å². The van der Waals surface area contributed by atoms with E-state index in [4.69, 9.17) is 27.9 Å². The van der Waals surface area contributed by atoms with E-state index < -0.39 is 0 Å². The number of aromatic nitrogens is 2. The lowest BCUT2D eigenvalue weighted by Gasteiger charge is -2.18. The maximum Gasteiger partial charge on any atom is 0.367 e. The predicted molar refractivity (Wildman–Crippen MR) is 105 cm³/mol. The van der Waals surface area contributed by atoms with Gasteiger partial charge in [-0.25, -0.2) is 9.78 Å². The third-order valence-electron chi connectivity index (χ3n) is 3.70. The van der Waals surface area contributed by atoms with E-state index in [0.717, 1.165) is 43.0 Å². The van der Waals surface area contributed by atoms with Gasteiger partial charge in [0.1, 0.15) is 0 Å². The second-order valence-electron chi connectivity index (χ2n) is 5.69. The first-order chi connectivity index (χ1) is 12.1. The van der Waals surface area contributed by atoms with Crippen molar-refractivity contribution in [1.82, 2.24) is 9.55 Å². The molecule has 0 saturated heterocycles. The minimum Gasteiger partial charge on any atom is -0.458 e. The fourth-order valence-corrected chi connectivity index (χ4v) is 3.95. The van der Waals surface area contributed by atoms with Crippen LogP contribution in [0.4, 0.5) is 4.79 Å². The molecule has 0 bridgehead atoms. The van der Waals surface area contributed by atoms with Gasteiger partial charge in [0.25, 0.3) is 0 Å². The topological polar surface area (TPSA) is 44.1 Å². The number of ether oxygens (including phenoxy) is 1. The highest BCUT2D eigenvalue weighted by atomic mass is 35.5. The van der Waals surface area contributed by atoms with Crippen molar-refractivity contribution in [3.05, 3.63) is 52.5 Å². The van der Waals surface area contributed by atoms with Gasteiger partial charge >= 0.3 is 5.30 Å². The van der Waals surface area contributed by atoms with Gasteiger partial charge in [0, 0.05) is 29.0 Å². The number of carbonyl (C=O) groups is 1. The average Bonchev–Trinajstić information content (AvgIpc) is 3.07. The number of imidazole rings is 1. The maximum atomic E-state index is 12.2. The van der Waals surface area contributed by atoms with E-state index in [1.807, 2.05) is 16.8 Å². The molecule has 1 unspecified atom stereocenters. The SMILES string of the molecule is CCCCCCOC(=O)SC(Cn1ccnc1)c1ccc(Cl)cc1Cl. The van der Waals surface area contributed by atoms with Gasteiger partial charge in [-0.2, -0.15) is 0 Å². The molecule has 1 aromatic heterocycles. The number of rotatable bonds is 9. The summed E-state index contributed by atoms with van der Waals surface area (Å²) in [5.74, 6) is 0. The molecule has 0 fully saturated rings. The normalized spacial score (nSPS) is 12.1. The van der Waals surface area contributed by atoms with E-state index >= 15 is 0 Å². The summed E-state index contributed by atoms with van der Waals surface area (Å²) in [5, 5.41) is 0.647. The lowest BCUT2D eigenvalue weighted by atomic mass is 10.1. The molecule has 0 spiro atoms. The van der Waals surface area contributed by atoms with Crippen LogP contribution in [0.2, 0.25) is 10.0 Å². The fraction of sp³-hybridized carbons (Fsp3) is 0.444. The van der Waals surface area contributed by atoms with Crippen molar-refractivity contribution in [1.29, 1.82) is 0 Å². The summed E-state index contributed by atoms with van der Waals surface area (Å²) in [6.07, 6.45) is 9.57. The third-order valence-corrected chi connectivity index (χ3v) is 5.26. The molecule has 0 radical (unpaired) electrons. The highest BCUT2D eigenvalue weighted by molar-refractivity contribution is 8.13. The Bertz CT molecular complexity index is 665. The minimum atomic E-state index is -0.285. The van der Waals surface area contributed by atoms with Crippen LogP contribution in [-0.2, 0) is 11.3 Å². The smallest absolute Gasteiger partial charge is 0.367 e. The molecular weight excluding hydrogens is 379 g/mol. The lowest BCUT2D eigenvalue weighted by molar-refractivity contribution is 0.172. The maximum absolute atomic E-state index is 12.2. The highest BCUT2D eigenvalue weighted by Crippen LogP contribution is 2.37. The summed E-state index contributed by atoms with van der Waals surface area (Å²) >= 11 is 13.5. The number of halogens is 2. The number of nitrogens with zero attached hydrogens (tertiary/aromatic N) is 2. The number of unbranched alkanes of at least 4 members (excludes halogenated alkanes) is 3. The third kappa shape index (κ3) is 6.92. The van der Waals surface area contributed by atoms with Crippen LogP contribution in [0, 0.1) is 0 Å². The van der Waals surface area contributed by atoms with Crippen LogP contribution in [0.25, 0.3) is 0 Å². The molecule has 2 aromatic rings. The molecule has 0 saturated carbocycles. The van der Waals surface area contributed by atoms with Gasteiger partial charge in [-0.1, -0.05) is 55.5 Å². The molecule has 7 heteroatoms. The number of hydrogen-bond acceptors (Lipinski definition) is 4. The van der Waals surface area contributed by atoms with Crippen molar-refractivity contribution >= 4 is 40.3 Å². The fourth-order valence-electron chi connectivity index (χ4n) is 2.38. The van der Waals surface area contributed by atoms with Crippen molar-refractivity contribution in [3.63, 3.8) is 0 Å². The van der Waals surface area contributed by atoms with Gasteiger partial charge in [-0.15, -0.1) is 0 Å². The van der Waals surface area contributed by atoms with Crippen LogP contribution < -0.4 is 0 Å². The molecule has 136 valence electrons. The van der Waals surface area contributed by atoms with Gasteiger partial charge in [0.2, 0.25) is 0 Å². The van der Waals surface area contributed by atoms with E-state index in [9.17, 15) is 4.79 Å². The van der Waals surface area contributed by atoms with Gasteiger partial charge in [0.05, 0.1) is 18.2 Å². The van der Waals surface area contributed by atoms with Crippen molar-refractivity contribution in [2.75, 3.05) is 6.61 Å². The van der Waals surface area contributed by atoms with E-state index in [-0.39, 0.29) is 10.6 Å².